The highest BCUT2D eigenvalue weighted by Crippen LogP contribution is 2.30. The van der Waals surface area contributed by atoms with Gasteiger partial charge in [0.05, 0.1) is 11.6 Å². The predicted octanol–water partition coefficient (Wildman–Crippen LogP) is 2.70. The number of hydrazine groups is 1. The van der Waals surface area contributed by atoms with Crippen LogP contribution in [0.15, 0.2) is 48.5 Å². The molecular weight excluding hydrogens is 326 g/mol. The van der Waals surface area contributed by atoms with Crippen molar-refractivity contribution in [3.05, 3.63) is 59.7 Å². The van der Waals surface area contributed by atoms with Gasteiger partial charge in [-0.1, -0.05) is 24.3 Å². The second-order valence-electron chi connectivity index (χ2n) is 7.08. The lowest BCUT2D eigenvalue weighted by molar-refractivity contribution is -0.126. The Morgan fingerprint density at radius 3 is 2.69 bits per heavy atom. The molecule has 1 atom stereocenters. The fraction of sp³-hybridized carbons (Fsp3) is 0.333. The smallest absolute Gasteiger partial charge is 0.243 e. The van der Waals surface area contributed by atoms with Gasteiger partial charge in [-0.15, -0.1) is 0 Å². The molecule has 0 spiro atoms. The zero-order valence-corrected chi connectivity index (χ0v) is 14.9. The van der Waals surface area contributed by atoms with E-state index in [0.29, 0.717) is 6.54 Å². The first-order valence-corrected chi connectivity index (χ1v) is 9.13. The number of anilines is 2. The summed E-state index contributed by atoms with van der Waals surface area (Å²) in [4.78, 5) is 26.8. The highest BCUT2D eigenvalue weighted by Gasteiger charge is 2.35. The van der Waals surface area contributed by atoms with Crippen LogP contribution < -0.4 is 15.3 Å². The second-order valence-corrected chi connectivity index (χ2v) is 7.08. The fourth-order valence-corrected chi connectivity index (χ4v) is 3.83. The molecule has 2 aliphatic rings. The molecule has 1 fully saturated rings. The van der Waals surface area contributed by atoms with E-state index < -0.39 is 0 Å². The molecule has 2 aromatic carbocycles. The molecule has 2 aromatic rings. The fourth-order valence-electron chi connectivity index (χ4n) is 3.83. The van der Waals surface area contributed by atoms with Crippen LogP contribution in [0.4, 0.5) is 11.4 Å². The molecule has 1 saturated heterocycles. The van der Waals surface area contributed by atoms with Crippen molar-refractivity contribution < 1.29 is 9.59 Å². The number of nitrogens with one attached hydrogen (secondary N) is 1. The summed E-state index contributed by atoms with van der Waals surface area (Å²) in [5.74, 6) is -0.430. The second kappa shape index (κ2) is 6.83. The highest BCUT2D eigenvalue weighted by molar-refractivity contribution is 6.00. The summed E-state index contributed by atoms with van der Waals surface area (Å²) < 4.78 is 0. The van der Waals surface area contributed by atoms with Crippen LogP contribution in [-0.4, -0.2) is 25.4 Å². The maximum Gasteiger partial charge on any atom is 0.243 e. The molecule has 1 N–H and O–H groups in total. The van der Waals surface area contributed by atoms with E-state index in [1.165, 1.54) is 17.5 Å². The average molecular weight is 349 g/mol. The number of carbonyl (C=O) groups excluding carboxylic acids is 2. The van der Waals surface area contributed by atoms with E-state index >= 15 is 0 Å². The van der Waals surface area contributed by atoms with Crippen molar-refractivity contribution in [2.75, 3.05) is 23.5 Å². The minimum Gasteiger partial charge on any atom is -0.312 e. The Hall–Kier alpha value is -2.82. The third kappa shape index (κ3) is 3.17. The molecule has 0 bridgehead atoms. The predicted molar refractivity (Wildman–Crippen MR) is 102 cm³/mol. The van der Waals surface area contributed by atoms with Gasteiger partial charge < -0.3 is 4.90 Å². The number of hydrogen-bond donors (Lipinski definition) is 1. The quantitative estimate of drug-likeness (QED) is 0.864. The van der Waals surface area contributed by atoms with Crippen LogP contribution in [0, 0.1) is 5.92 Å². The largest absolute Gasteiger partial charge is 0.312 e. The molecule has 5 heteroatoms. The maximum atomic E-state index is 12.6. The van der Waals surface area contributed by atoms with Gasteiger partial charge >= 0.3 is 0 Å². The molecule has 1 aliphatic heterocycles. The van der Waals surface area contributed by atoms with E-state index in [2.05, 4.69) is 17.6 Å². The lowest BCUT2D eigenvalue weighted by Crippen LogP contribution is -2.43. The van der Waals surface area contributed by atoms with Crippen LogP contribution in [0.1, 0.15) is 24.0 Å². The van der Waals surface area contributed by atoms with Crippen molar-refractivity contribution >= 4 is 23.2 Å². The Morgan fingerprint density at radius 1 is 1.12 bits per heavy atom. The summed E-state index contributed by atoms with van der Waals surface area (Å²) in [5, 5.41) is 1.70. The molecule has 26 heavy (non-hydrogen) atoms. The molecule has 4 rings (SSSR count). The van der Waals surface area contributed by atoms with Crippen LogP contribution >= 0.6 is 0 Å². The third-order valence-electron chi connectivity index (χ3n) is 5.31. The average Bonchev–Trinajstić information content (AvgIpc) is 3.28. The van der Waals surface area contributed by atoms with Crippen molar-refractivity contribution in [2.45, 2.75) is 25.7 Å². The van der Waals surface area contributed by atoms with Gasteiger partial charge in [-0.3, -0.25) is 20.0 Å². The number of para-hydroxylation sites is 1. The van der Waals surface area contributed by atoms with Crippen molar-refractivity contribution in [2.24, 2.45) is 5.92 Å². The Labute approximate surface area is 153 Å². The standard InChI is InChI=1S/C21H23N3O2/c1-23(18-8-3-2-4-9-18)22-21(26)17-13-20(25)24(14-17)19-11-10-15-6-5-7-16(15)12-19/h2-4,8-12,17H,5-7,13-14H2,1H3,(H,22,26)/t17-/m0/s1. The first-order chi connectivity index (χ1) is 12.6. The van der Waals surface area contributed by atoms with Gasteiger partial charge in [0.25, 0.3) is 0 Å². The van der Waals surface area contributed by atoms with Crippen LogP contribution in [0.2, 0.25) is 0 Å². The number of hydrogen-bond acceptors (Lipinski definition) is 3. The summed E-state index contributed by atoms with van der Waals surface area (Å²) in [7, 11) is 1.81. The number of amides is 2. The molecule has 0 unspecified atom stereocenters. The van der Waals surface area contributed by atoms with Crippen LogP contribution in [0.3, 0.4) is 0 Å². The maximum absolute atomic E-state index is 12.6. The molecule has 0 saturated carbocycles. The summed E-state index contributed by atoms with van der Waals surface area (Å²) in [6.45, 7) is 0.437. The molecule has 0 radical (unpaired) electrons. The molecule has 1 heterocycles. The SMILES string of the molecule is CN(NC(=O)[C@H]1CC(=O)N(c2ccc3c(c2)CCC3)C1)c1ccccc1. The Kier molecular flexibility index (Phi) is 4.37. The van der Waals surface area contributed by atoms with Gasteiger partial charge in [-0.25, -0.2) is 0 Å². The Morgan fingerprint density at radius 2 is 1.88 bits per heavy atom. The topological polar surface area (TPSA) is 52.7 Å². The third-order valence-corrected chi connectivity index (χ3v) is 5.31. The Bertz CT molecular complexity index is 834. The number of benzene rings is 2. The molecule has 5 nitrogen and oxygen atoms in total. The first-order valence-electron chi connectivity index (χ1n) is 9.13. The van der Waals surface area contributed by atoms with Gasteiger partial charge in [-0.2, -0.15) is 0 Å². The van der Waals surface area contributed by atoms with Crippen molar-refractivity contribution in [3.63, 3.8) is 0 Å². The number of aryl methyl sites for hydroxylation is 2. The number of nitrogens with zero attached hydrogens (tertiary/aromatic N) is 2. The van der Waals surface area contributed by atoms with Gasteiger partial charge in [-0.05, 0) is 54.7 Å². The van der Waals surface area contributed by atoms with Gasteiger partial charge in [0.15, 0.2) is 0 Å². The highest BCUT2D eigenvalue weighted by atomic mass is 16.2. The molecule has 0 aromatic heterocycles. The molecular formula is C21H23N3O2. The summed E-state index contributed by atoms with van der Waals surface area (Å²) in [6, 6.07) is 15.9. The van der Waals surface area contributed by atoms with E-state index in [0.717, 1.165) is 24.2 Å². The summed E-state index contributed by atoms with van der Waals surface area (Å²) in [6.07, 6.45) is 3.65. The Balaban J connectivity index is 1.43. The monoisotopic (exact) mass is 349 g/mol. The van der Waals surface area contributed by atoms with Crippen LogP contribution in [0.5, 0.6) is 0 Å². The normalized spacial score (nSPS) is 18.7. The van der Waals surface area contributed by atoms with Gasteiger partial charge in [0.2, 0.25) is 11.8 Å². The number of fused-ring (bicyclic) bond motifs is 1. The van der Waals surface area contributed by atoms with Gasteiger partial charge in [0, 0.05) is 25.7 Å². The minimum atomic E-state index is -0.332. The minimum absolute atomic E-state index is 0.0189. The molecule has 134 valence electrons. The van der Waals surface area contributed by atoms with E-state index in [9.17, 15) is 9.59 Å². The van der Waals surface area contributed by atoms with E-state index in [-0.39, 0.29) is 24.2 Å². The first kappa shape index (κ1) is 16.6. The molecule has 2 amide bonds. The van der Waals surface area contributed by atoms with E-state index in [4.69, 9.17) is 0 Å². The van der Waals surface area contributed by atoms with E-state index in [1.54, 1.807) is 9.91 Å². The lowest BCUT2D eigenvalue weighted by atomic mass is 10.1. The van der Waals surface area contributed by atoms with Crippen LogP contribution in [-0.2, 0) is 22.4 Å². The molecule has 1 aliphatic carbocycles. The zero-order chi connectivity index (χ0) is 18.1. The van der Waals surface area contributed by atoms with Crippen molar-refractivity contribution in [1.82, 2.24) is 5.43 Å². The van der Waals surface area contributed by atoms with Crippen molar-refractivity contribution in [1.29, 1.82) is 0 Å². The number of rotatable bonds is 4. The summed E-state index contributed by atoms with van der Waals surface area (Å²) in [5.41, 5.74) is 7.44. The number of carbonyl (C=O) groups is 2. The van der Waals surface area contributed by atoms with Crippen LogP contribution in [0.25, 0.3) is 0 Å². The van der Waals surface area contributed by atoms with Gasteiger partial charge in [0.1, 0.15) is 0 Å². The lowest BCUT2D eigenvalue weighted by Gasteiger charge is -2.22. The zero-order valence-electron chi connectivity index (χ0n) is 14.9. The van der Waals surface area contributed by atoms with E-state index in [1.807, 2.05) is 43.4 Å². The summed E-state index contributed by atoms with van der Waals surface area (Å²) >= 11 is 0. The van der Waals surface area contributed by atoms with Crippen molar-refractivity contribution in [3.8, 4) is 0 Å².